The molecule has 0 saturated carbocycles. The van der Waals surface area contributed by atoms with Crippen molar-refractivity contribution < 1.29 is 13.2 Å². The van der Waals surface area contributed by atoms with Crippen molar-refractivity contribution in [3.63, 3.8) is 0 Å². The molecule has 0 N–H and O–H groups in total. The average Bonchev–Trinajstić information content (AvgIpc) is 2.97. The molecule has 1 aliphatic rings. The van der Waals surface area contributed by atoms with E-state index < -0.39 is 10.0 Å². The van der Waals surface area contributed by atoms with Crippen LogP contribution in [-0.4, -0.2) is 38.5 Å². The summed E-state index contributed by atoms with van der Waals surface area (Å²) in [6.07, 6.45) is 2.00. The fourth-order valence-corrected chi connectivity index (χ4v) is 5.96. The summed E-state index contributed by atoms with van der Waals surface area (Å²) >= 11 is 4.65. The summed E-state index contributed by atoms with van der Waals surface area (Å²) in [5.41, 5.74) is 0.955. The number of thiophene rings is 1. The van der Waals surface area contributed by atoms with Crippen LogP contribution in [0.1, 0.15) is 25.3 Å². The van der Waals surface area contributed by atoms with Gasteiger partial charge in [-0.15, -0.1) is 11.3 Å². The Bertz CT molecular complexity index is 516. The third-order valence-corrected chi connectivity index (χ3v) is 7.74. The Morgan fingerprint density at radius 1 is 1.58 bits per heavy atom. The first-order valence-corrected chi connectivity index (χ1v) is 9.37. The molecule has 0 bridgehead atoms. The Hall–Kier alpha value is 0.0500. The molecule has 0 aromatic carbocycles. The summed E-state index contributed by atoms with van der Waals surface area (Å²) in [5.74, 6) is 0. The van der Waals surface area contributed by atoms with Crippen molar-refractivity contribution in [3.05, 3.63) is 15.4 Å². The van der Waals surface area contributed by atoms with E-state index in [1.807, 2.05) is 13.8 Å². The van der Waals surface area contributed by atoms with Crippen LogP contribution in [0.4, 0.5) is 0 Å². The van der Waals surface area contributed by atoms with Gasteiger partial charge in [0.2, 0.25) is 0 Å². The lowest BCUT2D eigenvalue weighted by atomic mass is 10.2. The fourth-order valence-electron chi connectivity index (χ4n) is 2.10. The topological polar surface area (TPSA) is 46.6 Å². The van der Waals surface area contributed by atoms with Crippen molar-refractivity contribution in [2.75, 3.05) is 19.7 Å². The number of likely N-dealkylation sites (N-methyl/N-ethyl adjacent to an activating group) is 1. The van der Waals surface area contributed by atoms with Crippen LogP contribution < -0.4 is 0 Å². The van der Waals surface area contributed by atoms with E-state index in [1.54, 1.807) is 6.07 Å². The van der Waals surface area contributed by atoms with E-state index in [-0.39, 0.29) is 6.10 Å². The van der Waals surface area contributed by atoms with Gasteiger partial charge in [-0.3, -0.25) is 0 Å². The molecular weight excluding hydrogens is 350 g/mol. The van der Waals surface area contributed by atoms with Crippen LogP contribution in [0, 0.1) is 6.92 Å². The molecule has 7 heteroatoms. The third-order valence-electron chi connectivity index (χ3n) is 3.21. The molecule has 0 amide bonds. The van der Waals surface area contributed by atoms with E-state index in [1.165, 1.54) is 15.6 Å². The molecule has 1 aromatic heterocycles. The number of sulfonamides is 1. The van der Waals surface area contributed by atoms with Gasteiger partial charge in [-0.2, -0.15) is 4.31 Å². The minimum absolute atomic E-state index is 0.0409. The Morgan fingerprint density at radius 2 is 2.32 bits per heavy atom. The Balaban J connectivity index is 2.20. The highest BCUT2D eigenvalue weighted by Crippen LogP contribution is 2.32. The van der Waals surface area contributed by atoms with Crippen molar-refractivity contribution in [2.45, 2.75) is 37.0 Å². The number of ether oxygens (including phenoxy) is 1. The molecule has 1 aliphatic heterocycles. The van der Waals surface area contributed by atoms with Gasteiger partial charge in [-0.25, -0.2) is 8.42 Å². The molecule has 2 rings (SSSR count). The van der Waals surface area contributed by atoms with Crippen LogP contribution >= 0.6 is 27.3 Å². The predicted octanol–water partition coefficient (Wildman–Crippen LogP) is 3.01. The summed E-state index contributed by atoms with van der Waals surface area (Å²) in [7, 11) is -3.40. The molecule has 1 saturated heterocycles. The molecule has 0 spiro atoms. The summed E-state index contributed by atoms with van der Waals surface area (Å²) in [6, 6.07) is 1.72. The van der Waals surface area contributed by atoms with Crippen molar-refractivity contribution >= 4 is 37.3 Å². The quantitative estimate of drug-likeness (QED) is 0.803. The molecule has 1 aromatic rings. The molecule has 1 fully saturated rings. The van der Waals surface area contributed by atoms with Gasteiger partial charge in [0, 0.05) is 19.7 Å². The fraction of sp³-hybridized carbons (Fsp3) is 0.667. The SMILES string of the molecule is CCN(CC1CCCO1)S(=O)(=O)c1cc(C)c(Br)s1. The highest BCUT2D eigenvalue weighted by atomic mass is 79.9. The third kappa shape index (κ3) is 3.39. The molecule has 0 radical (unpaired) electrons. The normalized spacial score (nSPS) is 20.3. The number of halogens is 1. The van der Waals surface area contributed by atoms with Gasteiger partial charge in [0.05, 0.1) is 9.89 Å². The molecule has 0 aliphatic carbocycles. The van der Waals surface area contributed by atoms with Crippen LogP contribution in [0.15, 0.2) is 14.1 Å². The van der Waals surface area contributed by atoms with Crippen LogP contribution in [0.25, 0.3) is 0 Å². The molecule has 1 unspecified atom stereocenters. The summed E-state index contributed by atoms with van der Waals surface area (Å²) in [4.78, 5) is 0. The van der Waals surface area contributed by atoms with E-state index in [9.17, 15) is 8.42 Å². The molecule has 2 heterocycles. The second-order valence-corrected chi connectivity index (χ2v) is 9.15. The second kappa shape index (κ2) is 6.22. The van der Waals surface area contributed by atoms with Gasteiger partial charge in [-0.1, -0.05) is 6.92 Å². The smallest absolute Gasteiger partial charge is 0.252 e. The predicted molar refractivity (Wildman–Crippen MR) is 80.2 cm³/mol. The van der Waals surface area contributed by atoms with Crippen LogP contribution in [0.3, 0.4) is 0 Å². The maximum atomic E-state index is 12.6. The van der Waals surface area contributed by atoms with Gasteiger partial charge >= 0.3 is 0 Å². The first kappa shape index (κ1) is 15.4. The molecule has 1 atom stereocenters. The largest absolute Gasteiger partial charge is 0.377 e. The van der Waals surface area contributed by atoms with Crippen LogP contribution in [0.2, 0.25) is 0 Å². The van der Waals surface area contributed by atoms with Gasteiger partial charge in [0.15, 0.2) is 0 Å². The summed E-state index contributed by atoms with van der Waals surface area (Å²) < 4.78 is 33.5. The standard InChI is InChI=1S/C12H18BrNO3S2/c1-3-14(8-10-5-4-6-17-10)19(15,16)11-7-9(2)12(13)18-11/h7,10H,3-6,8H2,1-2H3. The first-order chi connectivity index (χ1) is 8.95. The zero-order valence-electron chi connectivity index (χ0n) is 11.1. The molecule has 108 valence electrons. The summed E-state index contributed by atoms with van der Waals surface area (Å²) in [6.45, 7) is 5.42. The number of aryl methyl sites for hydroxylation is 1. The Morgan fingerprint density at radius 3 is 2.79 bits per heavy atom. The zero-order valence-corrected chi connectivity index (χ0v) is 14.3. The maximum Gasteiger partial charge on any atom is 0.252 e. The highest BCUT2D eigenvalue weighted by molar-refractivity contribution is 9.11. The number of hydrogen-bond acceptors (Lipinski definition) is 4. The summed E-state index contributed by atoms with van der Waals surface area (Å²) in [5, 5.41) is 0. The maximum absolute atomic E-state index is 12.6. The Kier molecular flexibility index (Phi) is 5.05. The monoisotopic (exact) mass is 367 g/mol. The van der Waals surface area contributed by atoms with Gasteiger partial charge in [0.1, 0.15) is 4.21 Å². The lowest BCUT2D eigenvalue weighted by molar-refractivity contribution is 0.0947. The van der Waals surface area contributed by atoms with Crippen molar-refractivity contribution in [2.24, 2.45) is 0 Å². The Labute approximate surface area is 126 Å². The molecule has 19 heavy (non-hydrogen) atoms. The zero-order chi connectivity index (χ0) is 14.0. The van der Waals surface area contributed by atoms with Crippen molar-refractivity contribution in [1.82, 2.24) is 4.31 Å². The van der Waals surface area contributed by atoms with E-state index in [0.29, 0.717) is 17.3 Å². The van der Waals surface area contributed by atoms with E-state index >= 15 is 0 Å². The minimum Gasteiger partial charge on any atom is -0.377 e. The van der Waals surface area contributed by atoms with E-state index in [2.05, 4.69) is 15.9 Å². The number of nitrogens with zero attached hydrogens (tertiary/aromatic N) is 1. The van der Waals surface area contributed by atoms with Gasteiger partial charge < -0.3 is 4.74 Å². The van der Waals surface area contributed by atoms with Gasteiger partial charge in [0.25, 0.3) is 10.0 Å². The van der Waals surface area contributed by atoms with E-state index in [4.69, 9.17) is 4.74 Å². The van der Waals surface area contributed by atoms with Crippen molar-refractivity contribution in [3.8, 4) is 0 Å². The lowest BCUT2D eigenvalue weighted by Gasteiger charge is -2.22. The second-order valence-electron chi connectivity index (χ2n) is 4.61. The van der Waals surface area contributed by atoms with Crippen LogP contribution in [0.5, 0.6) is 0 Å². The van der Waals surface area contributed by atoms with E-state index in [0.717, 1.165) is 28.8 Å². The molecular formula is C12H18BrNO3S2. The van der Waals surface area contributed by atoms with Crippen molar-refractivity contribution in [1.29, 1.82) is 0 Å². The van der Waals surface area contributed by atoms with Gasteiger partial charge in [-0.05, 0) is 47.3 Å². The lowest BCUT2D eigenvalue weighted by Crippen LogP contribution is -2.36. The number of hydrogen-bond donors (Lipinski definition) is 0. The number of rotatable bonds is 5. The van der Waals surface area contributed by atoms with Crippen LogP contribution in [-0.2, 0) is 14.8 Å². The highest BCUT2D eigenvalue weighted by Gasteiger charge is 2.29. The molecule has 4 nitrogen and oxygen atoms in total. The average molecular weight is 368 g/mol. The minimum atomic E-state index is -3.40. The first-order valence-electron chi connectivity index (χ1n) is 6.33.